The van der Waals surface area contributed by atoms with Crippen LogP contribution in [0, 0.1) is 5.92 Å². The van der Waals surface area contributed by atoms with Crippen LogP contribution < -0.4 is 10.1 Å². The fourth-order valence-corrected chi connectivity index (χ4v) is 2.50. The van der Waals surface area contributed by atoms with E-state index in [1.807, 2.05) is 0 Å². The molecule has 0 amide bonds. The van der Waals surface area contributed by atoms with E-state index in [4.69, 9.17) is 4.74 Å². The second-order valence-corrected chi connectivity index (χ2v) is 6.03. The molecule has 0 aromatic heterocycles. The van der Waals surface area contributed by atoms with Crippen molar-refractivity contribution in [1.82, 2.24) is 10.2 Å². The first kappa shape index (κ1) is 14.4. The Bertz CT molecular complexity index is 415. The van der Waals surface area contributed by atoms with E-state index < -0.39 is 0 Å². The number of fused-ring (bicyclic) bond motifs is 1. The van der Waals surface area contributed by atoms with Crippen LogP contribution in [-0.2, 0) is 13.0 Å². The maximum atomic E-state index is 5.54. The Balaban J connectivity index is 1.93. The molecular formula is C16H26N2O. The molecule has 19 heavy (non-hydrogen) atoms. The lowest BCUT2D eigenvalue weighted by Gasteiger charge is -2.25. The van der Waals surface area contributed by atoms with E-state index in [1.54, 1.807) is 0 Å². The number of hydrogen-bond acceptors (Lipinski definition) is 3. The van der Waals surface area contributed by atoms with Gasteiger partial charge in [-0.3, -0.25) is 0 Å². The average Bonchev–Trinajstić information content (AvgIpc) is 2.80. The SMILES string of the molecule is CC(C)C(CN(C)C)NCc1ccc2c(c1)CCO2. The first-order chi connectivity index (χ1) is 9.06. The number of likely N-dealkylation sites (N-methyl/N-ethyl adjacent to an activating group) is 1. The second kappa shape index (κ2) is 6.40. The van der Waals surface area contributed by atoms with Gasteiger partial charge in [-0.2, -0.15) is 0 Å². The van der Waals surface area contributed by atoms with Crippen LogP contribution in [0.15, 0.2) is 18.2 Å². The third kappa shape index (κ3) is 3.95. The highest BCUT2D eigenvalue weighted by Crippen LogP contribution is 2.25. The molecular weight excluding hydrogens is 236 g/mol. The monoisotopic (exact) mass is 262 g/mol. The Labute approximate surface area is 116 Å². The van der Waals surface area contributed by atoms with Crippen LogP contribution in [0.1, 0.15) is 25.0 Å². The lowest BCUT2D eigenvalue weighted by molar-refractivity contribution is 0.288. The summed E-state index contributed by atoms with van der Waals surface area (Å²) in [6, 6.07) is 7.09. The molecule has 1 aliphatic rings. The van der Waals surface area contributed by atoms with Gasteiger partial charge in [0.25, 0.3) is 0 Å². The zero-order valence-corrected chi connectivity index (χ0v) is 12.6. The van der Waals surface area contributed by atoms with E-state index in [0.29, 0.717) is 12.0 Å². The second-order valence-electron chi connectivity index (χ2n) is 6.03. The predicted octanol–water partition coefficient (Wildman–Crippen LogP) is 2.30. The van der Waals surface area contributed by atoms with Crippen molar-refractivity contribution in [2.24, 2.45) is 5.92 Å². The summed E-state index contributed by atoms with van der Waals surface area (Å²) in [7, 11) is 4.26. The van der Waals surface area contributed by atoms with Crippen molar-refractivity contribution in [3.8, 4) is 5.75 Å². The molecule has 0 saturated carbocycles. The van der Waals surface area contributed by atoms with Crippen LogP contribution in [0.5, 0.6) is 5.75 Å². The van der Waals surface area contributed by atoms with Crippen molar-refractivity contribution >= 4 is 0 Å². The Hall–Kier alpha value is -1.06. The lowest BCUT2D eigenvalue weighted by atomic mass is 10.0. The molecule has 0 saturated heterocycles. The van der Waals surface area contributed by atoms with Gasteiger partial charge in [0.1, 0.15) is 5.75 Å². The highest BCUT2D eigenvalue weighted by atomic mass is 16.5. The summed E-state index contributed by atoms with van der Waals surface area (Å²) in [6.07, 6.45) is 1.05. The molecule has 0 fully saturated rings. The molecule has 0 aliphatic carbocycles. The summed E-state index contributed by atoms with van der Waals surface area (Å²) in [4.78, 5) is 2.24. The molecule has 1 aromatic carbocycles. The summed E-state index contributed by atoms with van der Waals surface area (Å²) < 4.78 is 5.54. The van der Waals surface area contributed by atoms with Gasteiger partial charge < -0.3 is 15.0 Å². The molecule has 1 unspecified atom stereocenters. The van der Waals surface area contributed by atoms with Crippen molar-refractivity contribution < 1.29 is 4.74 Å². The summed E-state index contributed by atoms with van der Waals surface area (Å²) in [5, 5.41) is 3.68. The van der Waals surface area contributed by atoms with Crippen LogP contribution >= 0.6 is 0 Å². The largest absolute Gasteiger partial charge is 0.493 e. The number of benzene rings is 1. The third-order valence-corrected chi connectivity index (χ3v) is 3.69. The molecule has 1 atom stereocenters. The van der Waals surface area contributed by atoms with Crippen molar-refractivity contribution in [3.05, 3.63) is 29.3 Å². The molecule has 0 bridgehead atoms. The normalized spacial score (nSPS) is 15.7. The van der Waals surface area contributed by atoms with Gasteiger partial charge in [-0.1, -0.05) is 26.0 Å². The van der Waals surface area contributed by atoms with E-state index in [0.717, 1.165) is 31.9 Å². The molecule has 3 heteroatoms. The number of rotatable bonds is 6. The van der Waals surface area contributed by atoms with Gasteiger partial charge in [-0.25, -0.2) is 0 Å². The van der Waals surface area contributed by atoms with Crippen LogP contribution in [0.3, 0.4) is 0 Å². The van der Waals surface area contributed by atoms with E-state index in [1.165, 1.54) is 11.1 Å². The van der Waals surface area contributed by atoms with Gasteiger partial charge >= 0.3 is 0 Å². The number of nitrogens with one attached hydrogen (secondary N) is 1. The highest BCUT2D eigenvalue weighted by Gasteiger charge is 2.15. The molecule has 3 nitrogen and oxygen atoms in total. The molecule has 0 radical (unpaired) electrons. The van der Waals surface area contributed by atoms with Crippen LogP contribution in [0.25, 0.3) is 0 Å². The lowest BCUT2D eigenvalue weighted by Crippen LogP contribution is -2.41. The Kier molecular flexibility index (Phi) is 4.83. The van der Waals surface area contributed by atoms with Crippen LogP contribution in [-0.4, -0.2) is 38.2 Å². The summed E-state index contributed by atoms with van der Waals surface area (Å²) in [6.45, 7) is 7.40. The zero-order chi connectivity index (χ0) is 13.8. The maximum Gasteiger partial charge on any atom is 0.122 e. The molecule has 1 N–H and O–H groups in total. The predicted molar refractivity (Wildman–Crippen MR) is 79.7 cm³/mol. The van der Waals surface area contributed by atoms with Crippen LogP contribution in [0.4, 0.5) is 0 Å². The maximum absolute atomic E-state index is 5.54. The summed E-state index contributed by atoms with van der Waals surface area (Å²) in [5.41, 5.74) is 2.71. The van der Waals surface area contributed by atoms with Gasteiger partial charge in [-0.15, -0.1) is 0 Å². The van der Waals surface area contributed by atoms with Gasteiger partial charge in [0, 0.05) is 25.6 Å². The van der Waals surface area contributed by atoms with Gasteiger partial charge in [-0.05, 0) is 37.2 Å². The fourth-order valence-electron chi connectivity index (χ4n) is 2.50. The fraction of sp³-hybridized carbons (Fsp3) is 0.625. The van der Waals surface area contributed by atoms with Crippen molar-refractivity contribution in [2.75, 3.05) is 27.2 Å². The van der Waals surface area contributed by atoms with Crippen molar-refractivity contribution in [1.29, 1.82) is 0 Å². The Morgan fingerprint density at radius 3 is 2.79 bits per heavy atom. The van der Waals surface area contributed by atoms with Crippen molar-refractivity contribution in [2.45, 2.75) is 32.9 Å². The topological polar surface area (TPSA) is 24.5 Å². The molecule has 1 aliphatic heterocycles. The van der Waals surface area contributed by atoms with Gasteiger partial charge in [0.2, 0.25) is 0 Å². The number of ether oxygens (including phenoxy) is 1. The summed E-state index contributed by atoms with van der Waals surface area (Å²) in [5.74, 6) is 1.71. The van der Waals surface area contributed by atoms with E-state index in [-0.39, 0.29) is 0 Å². The van der Waals surface area contributed by atoms with Gasteiger partial charge in [0.05, 0.1) is 6.61 Å². The van der Waals surface area contributed by atoms with Crippen molar-refractivity contribution in [3.63, 3.8) is 0 Å². The minimum Gasteiger partial charge on any atom is -0.493 e. The van der Waals surface area contributed by atoms with E-state index >= 15 is 0 Å². The highest BCUT2D eigenvalue weighted by molar-refractivity contribution is 5.39. The standard InChI is InChI=1S/C16H26N2O/c1-12(2)15(11-18(3)4)17-10-13-5-6-16-14(9-13)7-8-19-16/h5-6,9,12,15,17H,7-8,10-11H2,1-4H3. The molecule has 2 rings (SSSR count). The minimum absolute atomic E-state index is 0.527. The average molecular weight is 262 g/mol. The smallest absolute Gasteiger partial charge is 0.122 e. The molecule has 1 aromatic rings. The minimum atomic E-state index is 0.527. The van der Waals surface area contributed by atoms with Gasteiger partial charge in [0.15, 0.2) is 0 Å². The quantitative estimate of drug-likeness (QED) is 0.851. The van der Waals surface area contributed by atoms with Crippen LogP contribution in [0.2, 0.25) is 0 Å². The molecule has 106 valence electrons. The number of hydrogen-bond donors (Lipinski definition) is 1. The van der Waals surface area contributed by atoms with E-state index in [9.17, 15) is 0 Å². The van der Waals surface area contributed by atoms with E-state index in [2.05, 4.69) is 56.4 Å². The summed E-state index contributed by atoms with van der Waals surface area (Å²) >= 11 is 0. The molecule has 0 spiro atoms. The Morgan fingerprint density at radius 2 is 2.11 bits per heavy atom. The number of nitrogens with zero attached hydrogens (tertiary/aromatic N) is 1. The third-order valence-electron chi connectivity index (χ3n) is 3.69. The first-order valence-electron chi connectivity index (χ1n) is 7.19. The Morgan fingerprint density at radius 1 is 1.32 bits per heavy atom. The molecule has 1 heterocycles. The first-order valence-corrected chi connectivity index (χ1v) is 7.19. The zero-order valence-electron chi connectivity index (χ0n) is 12.6.